The van der Waals surface area contributed by atoms with Crippen LogP contribution in [0.3, 0.4) is 0 Å². The molecule has 1 heterocycles. The summed E-state index contributed by atoms with van der Waals surface area (Å²) in [6.07, 6.45) is 0.308. The largest absolute Gasteiger partial charge is 0.380 e. The topological polar surface area (TPSA) is 34.9 Å². The van der Waals surface area contributed by atoms with E-state index in [1.54, 1.807) is 10.7 Å². The average Bonchev–Trinajstić information content (AvgIpc) is 2.59. The molecule has 0 radical (unpaired) electrons. The highest BCUT2D eigenvalue weighted by Crippen LogP contribution is 2.22. The molecule has 90 valence electrons. The Kier molecular flexibility index (Phi) is 4.02. The van der Waals surface area contributed by atoms with Crippen molar-refractivity contribution in [1.29, 1.82) is 0 Å². The molecule has 0 aliphatic rings. The number of aromatic nitrogens is 2. The standard InChI is InChI=1S/C10H13ClF2N2O/c1-3-7-5-8(15(4-2)14-7)6-9(16)10(11,12)13/h5H,3-4,6H2,1-2H3. The number of nitrogens with zero attached hydrogens (tertiary/aromatic N) is 2. The Morgan fingerprint density at radius 3 is 2.62 bits per heavy atom. The van der Waals surface area contributed by atoms with Crippen LogP contribution in [0.25, 0.3) is 0 Å². The molecule has 1 aromatic heterocycles. The van der Waals surface area contributed by atoms with Gasteiger partial charge in [-0.2, -0.15) is 13.9 Å². The van der Waals surface area contributed by atoms with Crippen LogP contribution in [0.4, 0.5) is 8.78 Å². The van der Waals surface area contributed by atoms with Gasteiger partial charge in [0.25, 0.3) is 0 Å². The van der Waals surface area contributed by atoms with Gasteiger partial charge in [0.15, 0.2) is 0 Å². The van der Waals surface area contributed by atoms with Crippen molar-refractivity contribution in [3.05, 3.63) is 17.5 Å². The molecular weight excluding hydrogens is 238 g/mol. The SMILES string of the molecule is CCc1cc(CC(=O)C(F)(F)Cl)n(CC)n1. The normalized spacial score (nSPS) is 11.8. The van der Waals surface area contributed by atoms with Gasteiger partial charge in [0.2, 0.25) is 5.78 Å². The number of alkyl halides is 3. The third-order valence-electron chi connectivity index (χ3n) is 2.23. The van der Waals surface area contributed by atoms with Crippen LogP contribution in [0.15, 0.2) is 6.07 Å². The monoisotopic (exact) mass is 250 g/mol. The lowest BCUT2D eigenvalue weighted by Gasteiger charge is -2.07. The van der Waals surface area contributed by atoms with Crippen molar-refractivity contribution in [1.82, 2.24) is 9.78 Å². The molecule has 6 heteroatoms. The second-order valence-corrected chi connectivity index (χ2v) is 3.87. The van der Waals surface area contributed by atoms with E-state index in [0.717, 1.165) is 5.69 Å². The Morgan fingerprint density at radius 1 is 1.56 bits per heavy atom. The molecule has 0 amide bonds. The third kappa shape index (κ3) is 3.01. The van der Waals surface area contributed by atoms with E-state index in [1.165, 1.54) is 0 Å². The van der Waals surface area contributed by atoms with Crippen molar-refractivity contribution in [2.75, 3.05) is 0 Å². The Labute approximate surface area is 97.4 Å². The van der Waals surface area contributed by atoms with Crippen LogP contribution in [-0.2, 0) is 24.2 Å². The minimum absolute atomic E-state index is 0.392. The van der Waals surface area contributed by atoms with E-state index in [2.05, 4.69) is 16.7 Å². The molecule has 1 aromatic rings. The van der Waals surface area contributed by atoms with Crippen molar-refractivity contribution < 1.29 is 13.6 Å². The lowest BCUT2D eigenvalue weighted by molar-refractivity contribution is -0.132. The Hall–Kier alpha value is -0.970. The minimum Gasteiger partial charge on any atom is -0.291 e. The summed E-state index contributed by atoms with van der Waals surface area (Å²) in [4.78, 5) is 11.1. The molecule has 0 aliphatic heterocycles. The summed E-state index contributed by atoms with van der Waals surface area (Å²) in [5.74, 6) is -1.30. The number of halogens is 3. The number of carbonyl (C=O) groups is 1. The van der Waals surface area contributed by atoms with E-state index in [9.17, 15) is 13.6 Å². The second-order valence-electron chi connectivity index (χ2n) is 3.39. The van der Waals surface area contributed by atoms with Crippen molar-refractivity contribution >= 4 is 17.4 Å². The molecule has 0 unspecified atom stereocenters. The van der Waals surface area contributed by atoms with E-state index < -0.39 is 17.6 Å². The first kappa shape index (κ1) is 13.1. The molecule has 0 aromatic carbocycles. The van der Waals surface area contributed by atoms with Gasteiger partial charge in [0, 0.05) is 12.2 Å². The third-order valence-corrected chi connectivity index (χ3v) is 2.44. The number of ketones is 1. The molecule has 0 aliphatic carbocycles. The predicted octanol–water partition coefficient (Wildman–Crippen LogP) is 2.41. The fourth-order valence-corrected chi connectivity index (χ4v) is 1.44. The summed E-state index contributed by atoms with van der Waals surface area (Å²) < 4.78 is 26.6. The van der Waals surface area contributed by atoms with Crippen LogP contribution in [0, 0.1) is 0 Å². The van der Waals surface area contributed by atoms with Gasteiger partial charge in [0.1, 0.15) is 0 Å². The first-order valence-electron chi connectivity index (χ1n) is 5.04. The van der Waals surface area contributed by atoms with Gasteiger partial charge in [0.05, 0.1) is 12.1 Å². The number of carbonyl (C=O) groups excluding carboxylic acids is 1. The molecular formula is C10H13ClF2N2O. The Balaban J connectivity index is 2.88. The molecule has 0 saturated heterocycles. The van der Waals surface area contributed by atoms with Crippen molar-refractivity contribution in [3.63, 3.8) is 0 Å². The summed E-state index contributed by atoms with van der Waals surface area (Å²) in [6.45, 7) is 4.28. The van der Waals surface area contributed by atoms with Crippen LogP contribution in [0.1, 0.15) is 25.2 Å². The number of aryl methyl sites for hydroxylation is 2. The summed E-state index contributed by atoms with van der Waals surface area (Å²) in [7, 11) is 0. The predicted molar refractivity (Wildman–Crippen MR) is 56.8 cm³/mol. The van der Waals surface area contributed by atoms with Gasteiger partial charge in [-0.25, -0.2) is 0 Å². The van der Waals surface area contributed by atoms with Gasteiger partial charge in [-0.15, -0.1) is 0 Å². The average molecular weight is 251 g/mol. The first-order chi connectivity index (χ1) is 7.38. The molecule has 0 spiro atoms. The lowest BCUT2D eigenvalue weighted by atomic mass is 10.2. The highest BCUT2D eigenvalue weighted by atomic mass is 35.5. The van der Waals surface area contributed by atoms with Gasteiger partial charge in [-0.05, 0) is 31.0 Å². The van der Waals surface area contributed by atoms with Crippen molar-refractivity contribution in [2.45, 2.75) is 38.6 Å². The van der Waals surface area contributed by atoms with E-state index in [4.69, 9.17) is 0 Å². The number of hydrogen-bond donors (Lipinski definition) is 0. The van der Waals surface area contributed by atoms with E-state index in [0.29, 0.717) is 18.7 Å². The van der Waals surface area contributed by atoms with Gasteiger partial charge in [-0.3, -0.25) is 9.48 Å². The lowest BCUT2D eigenvalue weighted by Crippen LogP contribution is -2.24. The fraction of sp³-hybridized carbons (Fsp3) is 0.600. The maximum absolute atomic E-state index is 12.5. The van der Waals surface area contributed by atoms with E-state index in [1.807, 2.05) is 13.8 Å². The van der Waals surface area contributed by atoms with E-state index in [-0.39, 0.29) is 0 Å². The molecule has 0 atom stereocenters. The summed E-state index contributed by atoms with van der Waals surface area (Å²) in [5, 5.41) is 0.362. The molecule has 1 rings (SSSR count). The molecule has 0 saturated carbocycles. The molecule has 16 heavy (non-hydrogen) atoms. The molecule has 3 nitrogen and oxygen atoms in total. The Bertz CT molecular complexity index is 385. The van der Waals surface area contributed by atoms with Crippen LogP contribution in [-0.4, -0.2) is 20.9 Å². The molecule has 0 N–H and O–H groups in total. The highest BCUT2D eigenvalue weighted by molar-refractivity contribution is 6.32. The smallest absolute Gasteiger partial charge is 0.291 e. The summed E-state index contributed by atoms with van der Waals surface area (Å²) in [5.41, 5.74) is 1.26. The molecule has 0 bridgehead atoms. The zero-order valence-electron chi connectivity index (χ0n) is 9.14. The van der Waals surface area contributed by atoms with Crippen LogP contribution >= 0.6 is 11.6 Å². The maximum Gasteiger partial charge on any atom is 0.380 e. The van der Waals surface area contributed by atoms with Gasteiger partial charge in [-0.1, -0.05) is 6.92 Å². The Morgan fingerprint density at radius 2 is 2.19 bits per heavy atom. The van der Waals surface area contributed by atoms with E-state index >= 15 is 0 Å². The first-order valence-corrected chi connectivity index (χ1v) is 5.41. The van der Waals surface area contributed by atoms with Crippen molar-refractivity contribution in [3.8, 4) is 0 Å². The van der Waals surface area contributed by atoms with Crippen LogP contribution in [0.5, 0.6) is 0 Å². The van der Waals surface area contributed by atoms with Crippen LogP contribution in [0.2, 0.25) is 0 Å². The van der Waals surface area contributed by atoms with Gasteiger partial charge >= 0.3 is 5.38 Å². The second kappa shape index (κ2) is 4.91. The van der Waals surface area contributed by atoms with Crippen LogP contribution < -0.4 is 0 Å². The summed E-state index contributed by atoms with van der Waals surface area (Å²) >= 11 is 4.66. The van der Waals surface area contributed by atoms with Gasteiger partial charge < -0.3 is 0 Å². The zero-order valence-corrected chi connectivity index (χ0v) is 9.89. The highest BCUT2D eigenvalue weighted by Gasteiger charge is 2.35. The maximum atomic E-state index is 12.5. The number of Topliss-reactive ketones (excluding diaryl/α,β-unsaturated/α-hetero) is 1. The minimum atomic E-state index is -3.80. The quantitative estimate of drug-likeness (QED) is 0.753. The number of rotatable bonds is 5. The summed E-state index contributed by atoms with van der Waals surface area (Å²) in [6, 6.07) is 1.66. The van der Waals surface area contributed by atoms with Crippen molar-refractivity contribution in [2.24, 2.45) is 0 Å². The molecule has 0 fully saturated rings. The zero-order chi connectivity index (χ0) is 12.3. The fourth-order valence-electron chi connectivity index (χ4n) is 1.37. The number of hydrogen-bond acceptors (Lipinski definition) is 2.